The Morgan fingerprint density at radius 3 is 2.28 bits per heavy atom. The number of hydrogen-bond acceptors (Lipinski definition) is 5. The van der Waals surface area contributed by atoms with Crippen molar-refractivity contribution in [2.24, 2.45) is 0 Å². The first-order valence-corrected chi connectivity index (χ1v) is 10.7. The van der Waals surface area contributed by atoms with Gasteiger partial charge in [0.1, 0.15) is 5.69 Å². The van der Waals surface area contributed by atoms with Gasteiger partial charge < -0.3 is 4.90 Å². The van der Waals surface area contributed by atoms with Crippen LogP contribution in [-0.2, 0) is 6.67 Å². The second-order valence-electron chi connectivity index (χ2n) is 7.26. The first kappa shape index (κ1) is 18.1. The topological polar surface area (TPSA) is 41.4 Å². The van der Waals surface area contributed by atoms with Gasteiger partial charge in [0, 0.05) is 37.3 Å². The first-order valence-electron chi connectivity index (χ1n) is 9.86. The minimum absolute atomic E-state index is 0.0219. The summed E-state index contributed by atoms with van der Waals surface area (Å²) in [6, 6.07) is 22.4. The molecule has 0 amide bonds. The first-order chi connectivity index (χ1) is 14.3. The Morgan fingerprint density at radius 1 is 0.828 bits per heavy atom. The third-order valence-corrected chi connectivity index (χ3v) is 6.33. The monoisotopic (exact) mass is 402 g/mol. The lowest BCUT2D eigenvalue weighted by atomic mass is 10.1. The molecule has 1 saturated heterocycles. The van der Waals surface area contributed by atoms with Gasteiger partial charge in [-0.3, -0.25) is 9.69 Å². The van der Waals surface area contributed by atoms with E-state index in [4.69, 9.17) is 5.10 Å². The summed E-state index contributed by atoms with van der Waals surface area (Å²) in [5.74, 6) is 0. The van der Waals surface area contributed by atoms with Gasteiger partial charge in [-0.05, 0) is 29.6 Å². The molecule has 1 aliphatic heterocycles. The van der Waals surface area contributed by atoms with Crippen LogP contribution in [0.2, 0.25) is 0 Å². The van der Waals surface area contributed by atoms with Crippen molar-refractivity contribution in [3.63, 3.8) is 0 Å². The molecule has 1 fully saturated rings. The summed E-state index contributed by atoms with van der Waals surface area (Å²) in [7, 11) is 0. The summed E-state index contributed by atoms with van der Waals surface area (Å²) in [5.41, 5.74) is 2.12. The number of thiophene rings is 1. The van der Waals surface area contributed by atoms with Crippen molar-refractivity contribution in [1.82, 2.24) is 14.7 Å². The molecule has 0 bridgehead atoms. The predicted molar refractivity (Wildman–Crippen MR) is 120 cm³/mol. The molecule has 2 aromatic heterocycles. The summed E-state index contributed by atoms with van der Waals surface area (Å²) < 4.78 is 1.63. The average Bonchev–Trinajstić information content (AvgIpc) is 3.32. The largest absolute Gasteiger partial charge is 0.369 e. The lowest BCUT2D eigenvalue weighted by Crippen LogP contribution is -2.48. The van der Waals surface area contributed by atoms with Crippen molar-refractivity contribution in [3.8, 4) is 10.6 Å². The number of nitrogens with zero attached hydrogens (tertiary/aromatic N) is 4. The quantitative estimate of drug-likeness (QED) is 0.519. The Hall–Kier alpha value is -2.96. The Kier molecular flexibility index (Phi) is 4.87. The zero-order valence-electron chi connectivity index (χ0n) is 16.1. The van der Waals surface area contributed by atoms with Crippen molar-refractivity contribution in [2.45, 2.75) is 6.67 Å². The highest BCUT2D eigenvalue weighted by Crippen LogP contribution is 2.28. The maximum absolute atomic E-state index is 13.1. The van der Waals surface area contributed by atoms with Crippen LogP contribution in [0.1, 0.15) is 0 Å². The van der Waals surface area contributed by atoms with Gasteiger partial charge in [-0.15, -0.1) is 11.3 Å². The van der Waals surface area contributed by atoms with Crippen LogP contribution in [0.4, 0.5) is 5.69 Å². The molecular weight excluding hydrogens is 380 g/mol. The predicted octanol–water partition coefficient (Wildman–Crippen LogP) is 3.90. The van der Waals surface area contributed by atoms with E-state index >= 15 is 0 Å². The minimum Gasteiger partial charge on any atom is -0.369 e. The maximum atomic E-state index is 13.1. The molecule has 3 heterocycles. The summed E-state index contributed by atoms with van der Waals surface area (Å²) in [6.07, 6.45) is 0. The van der Waals surface area contributed by atoms with E-state index in [0.717, 1.165) is 47.5 Å². The molecule has 2 aromatic carbocycles. The second-order valence-corrected chi connectivity index (χ2v) is 8.21. The highest BCUT2D eigenvalue weighted by atomic mass is 32.1. The molecule has 0 atom stereocenters. The van der Waals surface area contributed by atoms with Gasteiger partial charge in [-0.2, -0.15) is 5.10 Å². The van der Waals surface area contributed by atoms with Crippen LogP contribution in [-0.4, -0.2) is 40.9 Å². The van der Waals surface area contributed by atoms with Crippen LogP contribution in [0.3, 0.4) is 0 Å². The Morgan fingerprint density at radius 2 is 1.55 bits per heavy atom. The summed E-state index contributed by atoms with van der Waals surface area (Å²) in [5, 5.41) is 8.47. The molecule has 5 rings (SSSR count). The lowest BCUT2D eigenvalue weighted by molar-refractivity contribution is 0.192. The molecule has 0 spiro atoms. The van der Waals surface area contributed by atoms with Gasteiger partial charge in [-0.25, -0.2) is 4.68 Å². The van der Waals surface area contributed by atoms with Gasteiger partial charge >= 0.3 is 0 Å². The molecule has 0 radical (unpaired) electrons. The molecule has 0 saturated carbocycles. The van der Waals surface area contributed by atoms with Crippen molar-refractivity contribution in [1.29, 1.82) is 0 Å². The highest BCUT2D eigenvalue weighted by molar-refractivity contribution is 7.13. The van der Waals surface area contributed by atoms with E-state index in [-0.39, 0.29) is 5.56 Å². The van der Waals surface area contributed by atoms with E-state index in [2.05, 4.69) is 40.1 Å². The number of piperazine rings is 1. The molecule has 29 heavy (non-hydrogen) atoms. The standard InChI is InChI=1S/C23H22N4OS/c28-23-20-10-5-4-9-19(20)22(21-11-6-16-29-21)24-27(23)17-25-12-14-26(15-13-25)18-7-2-1-3-8-18/h1-11,16H,12-15,17H2. The van der Waals surface area contributed by atoms with Gasteiger partial charge in [0.15, 0.2) is 0 Å². The Balaban J connectivity index is 1.41. The third-order valence-electron chi connectivity index (χ3n) is 5.45. The zero-order chi connectivity index (χ0) is 19.6. The van der Waals surface area contributed by atoms with E-state index < -0.39 is 0 Å². The number of para-hydroxylation sites is 1. The number of anilines is 1. The lowest BCUT2D eigenvalue weighted by Gasteiger charge is -2.36. The summed E-state index contributed by atoms with van der Waals surface area (Å²) in [4.78, 5) is 18.9. The molecule has 0 unspecified atom stereocenters. The Labute approximate surface area is 173 Å². The summed E-state index contributed by atoms with van der Waals surface area (Å²) >= 11 is 1.65. The van der Waals surface area contributed by atoms with Crippen LogP contribution in [0.5, 0.6) is 0 Å². The molecule has 1 aliphatic rings. The molecule has 146 valence electrons. The van der Waals surface area contributed by atoms with E-state index in [1.165, 1.54) is 5.69 Å². The maximum Gasteiger partial charge on any atom is 0.275 e. The molecule has 0 N–H and O–H groups in total. The van der Waals surface area contributed by atoms with E-state index in [1.54, 1.807) is 16.0 Å². The molecule has 5 nitrogen and oxygen atoms in total. The fourth-order valence-electron chi connectivity index (χ4n) is 3.90. The van der Waals surface area contributed by atoms with Crippen LogP contribution in [0.25, 0.3) is 21.3 Å². The van der Waals surface area contributed by atoms with Crippen LogP contribution < -0.4 is 10.5 Å². The fraction of sp³-hybridized carbons (Fsp3) is 0.217. The van der Waals surface area contributed by atoms with Crippen molar-refractivity contribution in [2.75, 3.05) is 31.1 Å². The number of fused-ring (bicyclic) bond motifs is 1. The second kappa shape index (κ2) is 7.81. The molecular formula is C23H22N4OS. The number of hydrogen-bond donors (Lipinski definition) is 0. The van der Waals surface area contributed by atoms with Crippen LogP contribution in [0, 0.1) is 0 Å². The minimum atomic E-state index is -0.0219. The van der Waals surface area contributed by atoms with Gasteiger partial charge in [0.2, 0.25) is 0 Å². The van der Waals surface area contributed by atoms with Crippen LogP contribution >= 0.6 is 11.3 Å². The third kappa shape index (κ3) is 3.57. The number of benzene rings is 2. The summed E-state index contributed by atoms with van der Waals surface area (Å²) in [6.45, 7) is 4.23. The van der Waals surface area contributed by atoms with E-state index in [0.29, 0.717) is 6.67 Å². The van der Waals surface area contributed by atoms with Gasteiger partial charge in [-0.1, -0.05) is 42.5 Å². The van der Waals surface area contributed by atoms with Gasteiger partial charge in [0.25, 0.3) is 5.56 Å². The van der Waals surface area contributed by atoms with Crippen molar-refractivity contribution < 1.29 is 0 Å². The smallest absolute Gasteiger partial charge is 0.275 e. The molecule has 6 heteroatoms. The van der Waals surface area contributed by atoms with Gasteiger partial charge in [0.05, 0.1) is 16.9 Å². The van der Waals surface area contributed by atoms with E-state index in [9.17, 15) is 4.79 Å². The van der Waals surface area contributed by atoms with E-state index in [1.807, 2.05) is 41.8 Å². The van der Waals surface area contributed by atoms with Crippen molar-refractivity contribution in [3.05, 3.63) is 82.5 Å². The zero-order valence-corrected chi connectivity index (χ0v) is 16.9. The normalized spacial score (nSPS) is 15.1. The highest BCUT2D eigenvalue weighted by Gasteiger charge is 2.19. The number of aromatic nitrogens is 2. The number of rotatable bonds is 4. The fourth-order valence-corrected chi connectivity index (χ4v) is 4.63. The van der Waals surface area contributed by atoms with Crippen molar-refractivity contribution >= 4 is 27.8 Å². The Bertz CT molecular complexity index is 1160. The van der Waals surface area contributed by atoms with Crippen LogP contribution in [0.15, 0.2) is 76.9 Å². The molecule has 4 aromatic rings. The molecule has 0 aliphatic carbocycles. The SMILES string of the molecule is O=c1c2ccccc2c(-c2cccs2)nn1CN1CCN(c2ccccc2)CC1. The average molecular weight is 403 g/mol.